The van der Waals surface area contributed by atoms with Crippen LogP contribution < -0.4 is 24.8 Å². The van der Waals surface area contributed by atoms with Gasteiger partial charge in [-0.25, -0.2) is 22.6 Å². The molecule has 6 rings (SSSR count). The van der Waals surface area contributed by atoms with Crippen LogP contribution in [0.25, 0.3) is 10.8 Å². The van der Waals surface area contributed by atoms with Crippen LogP contribution in [-0.2, 0) is 24.4 Å². The number of ether oxygens (including phenoxy) is 2. The molecule has 0 spiro atoms. The summed E-state index contributed by atoms with van der Waals surface area (Å²) in [5.74, 6) is -2.33. The van der Waals surface area contributed by atoms with E-state index in [9.17, 15) is 37.1 Å². The Morgan fingerprint density at radius 2 is 1.94 bits per heavy atom. The number of pyridine rings is 1. The normalized spacial score (nSPS) is 30.5. The van der Waals surface area contributed by atoms with Crippen molar-refractivity contribution in [1.82, 2.24) is 25.2 Å². The summed E-state index contributed by atoms with van der Waals surface area (Å²) in [5, 5.41) is 16.3. The molecule has 3 fully saturated rings. The molecule has 0 radical (unpaired) electrons. The highest BCUT2D eigenvalue weighted by atomic mass is 32.2. The summed E-state index contributed by atoms with van der Waals surface area (Å²) in [4.78, 5) is 59.9. The SMILES string of the molecule is COc1ccc2c(O[C@@H]3C[C@H]4C(=O)N[C@]5(C(=O)NS(=O)(=O)C6(CF)CC6)C[C@H]5C=CCC[C@@H](C)C[C@@H](C)[C@H](NC(=O)O)C(=O)N4C3)nccc2c1. The zero-order valence-corrected chi connectivity index (χ0v) is 29.6. The smallest absolute Gasteiger partial charge is 0.405 e. The lowest BCUT2D eigenvalue weighted by Crippen LogP contribution is -2.59. The zero-order valence-electron chi connectivity index (χ0n) is 28.8. The standard InChI is InChI=1S/C35H44FN5O9S/c1-20-6-4-5-7-23-17-35(23,32(44)40-51(47,48)34(19-36)11-12-34)39-29(42)27-16-25(18-41(27)31(43)28(21(2)14-20)38-33(45)46)50-30-26-9-8-24(49-3)15-22(26)10-13-37-30/h5,7-10,13,15,20-21,23,25,27-28,38H,4,6,11-12,14,16-19H2,1-3H3,(H,39,42)(H,40,44)(H,45,46)/t20-,21-,23-,25-,27+,28+,35-/m1/s1. The van der Waals surface area contributed by atoms with Crippen molar-refractivity contribution in [2.45, 2.75) is 87.3 Å². The molecule has 14 nitrogen and oxygen atoms in total. The maximum absolute atomic E-state index is 14.3. The molecule has 0 unspecified atom stereocenters. The number of carbonyl (C=O) groups is 4. The number of hydrogen-bond acceptors (Lipinski definition) is 9. The van der Waals surface area contributed by atoms with Gasteiger partial charge in [0.2, 0.25) is 27.7 Å². The maximum atomic E-state index is 14.3. The summed E-state index contributed by atoms with van der Waals surface area (Å²) in [6.45, 7) is 2.56. The van der Waals surface area contributed by atoms with E-state index in [1.807, 2.05) is 19.1 Å². The molecule has 1 aromatic carbocycles. The number of benzene rings is 1. The van der Waals surface area contributed by atoms with Crippen LogP contribution in [0.2, 0.25) is 0 Å². The van der Waals surface area contributed by atoms with E-state index in [4.69, 9.17) is 9.47 Å². The molecule has 7 atom stereocenters. The first-order chi connectivity index (χ1) is 24.2. The van der Waals surface area contributed by atoms with E-state index in [1.54, 1.807) is 44.5 Å². The van der Waals surface area contributed by atoms with Crippen molar-refractivity contribution < 1.29 is 46.6 Å². The number of halogens is 1. The number of allylic oxidation sites excluding steroid dienone is 1. The number of carboxylic acid groups (broad SMARTS) is 1. The zero-order chi connectivity index (χ0) is 36.7. The fourth-order valence-corrected chi connectivity index (χ4v) is 8.82. The van der Waals surface area contributed by atoms with Crippen LogP contribution in [0.15, 0.2) is 42.6 Å². The van der Waals surface area contributed by atoms with Crippen LogP contribution in [0.5, 0.6) is 11.6 Å². The Balaban J connectivity index is 1.33. The maximum Gasteiger partial charge on any atom is 0.405 e. The number of hydrogen-bond donors (Lipinski definition) is 4. The number of rotatable bonds is 8. The molecule has 4 N–H and O–H groups in total. The third-order valence-electron chi connectivity index (χ3n) is 10.8. The van der Waals surface area contributed by atoms with Crippen LogP contribution in [-0.4, -0.2) is 96.0 Å². The van der Waals surface area contributed by atoms with E-state index < -0.39 is 80.8 Å². The van der Waals surface area contributed by atoms with E-state index in [-0.39, 0.29) is 44.0 Å². The number of amides is 4. The van der Waals surface area contributed by atoms with Gasteiger partial charge in [-0.2, -0.15) is 0 Å². The molecule has 16 heteroatoms. The summed E-state index contributed by atoms with van der Waals surface area (Å²) in [7, 11) is -2.83. The van der Waals surface area contributed by atoms with Gasteiger partial charge in [0.05, 0.1) is 13.7 Å². The van der Waals surface area contributed by atoms with E-state index in [0.29, 0.717) is 30.4 Å². The molecule has 51 heavy (non-hydrogen) atoms. The summed E-state index contributed by atoms with van der Waals surface area (Å²) in [5.41, 5.74) is -1.66. The van der Waals surface area contributed by atoms with Crippen LogP contribution in [0.4, 0.5) is 9.18 Å². The molecule has 276 valence electrons. The van der Waals surface area contributed by atoms with Crippen molar-refractivity contribution >= 4 is 44.6 Å². The Kier molecular flexibility index (Phi) is 9.92. The van der Waals surface area contributed by atoms with Crippen LogP contribution in [0.1, 0.15) is 58.8 Å². The number of aromatic nitrogens is 1. The Labute approximate surface area is 295 Å². The fraction of sp³-hybridized carbons (Fsp3) is 0.571. The topological polar surface area (TPSA) is 193 Å². The van der Waals surface area contributed by atoms with Crippen molar-refractivity contribution in [2.24, 2.45) is 17.8 Å². The molecular weight excluding hydrogens is 685 g/mol. The first-order valence-electron chi connectivity index (χ1n) is 17.2. The molecule has 0 bridgehead atoms. The minimum Gasteiger partial charge on any atom is -0.497 e. The lowest BCUT2D eigenvalue weighted by molar-refractivity contribution is -0.142. The highest BCUT2D eigenvalue weighted by molar-refractivity contribution is 7.91. The summed E-state index contributed by atoms with van der Waals surface area (Å²) in [6.07, 6.45) is 5.11. The fourth-order valence-electron chi connectivity index (χ4n) is 7.39. The number of sulfonamides is 1. The Morgan fingerprint density at radius 3 is 2.63 bits per heavy atom. The predicted molar refractivity (Wildman–Crippen MR) is 183 cm³/mol. The minimum atomic E-state index is -4.38. The Bertz CT molecular complexity index is 1850. The van der Waals surface area contributed by atoms with E-state index in [2.05, 4.69) is 20.3 Å². The predicted octanol–water partition coefficient (Wildman–Crippen LogP) is 3.06. The Morgan fingerprint density at radius 1 is 1.18 bits per heavy atom. The number of carbonyl (C=O) groups excluding carboxylic acids is 3. The van der Waals surface area contributed by atoms with E-state index >= 15 is 0 Å². The van der Waals surface area contributed by atoms with Crippen molar-refractivity contribution in [3.63, 3.8) is 0 Å². The number of alkyl halides is 1. The highest BCUT2D eigenvalue weighted by Gasteiger charge is 2.64. The molecule has 2 aliphatic carbocycles. The van der Waals surface area contributed by atoms with Gasteiger partial charge in [0.15, 0.2) is 0 Å². The van der Waals surface area contributed by atoms with E-state index in [0.717, 1.165) is 5.39 Å². The molecule has 2 aromatic rings. The van der Waals surface area contributed by atoms with E-state index in [1.165, 1.54) is 4.90 Å². The van der Waals surface area contributed by atoms with Crippen molar-refractivity contribution in [1.29, 1.82) is 0 Å². The van der Waals surface area contributed by atoms with Gasteiger partial charge in [-0.15, -0.1) is 0 Å². The second-order valence-electron chi connectivity index (χ2n) is 14.5. The molecular formula is C35H44FN5O9S. The lowest BCUT2D eigenvalue weighted by atomic mass is 9.88. The van der Waals surface area contributed by atoms with Gasteiger partial charge in [0.25, 0.3) is 5.91 Å². The molecule has 2 saturated carbocycles. The molecule has 1 saturated heterocycles. The third-order valence-corrected chi connectivity index (χ3v) is 12.9. The monoisotopic (exact) mass is 729 g/mol. The highest BCUT2D eigenvalue weighted by Crippen LogP contribution is 2.48. The van der Waals surface area contributed by atoms with Gasteiger partial charge >= 0.3 is 6.09 Å². The average molecular weight is 730 g/mol. The molecule has 4 amide bonds. The van der Waals surface area contributed by atoms with Gasteiger partial charge in [0, 0.05) is 23.9 Å². The molecule has 1 aromatic heterocycles. The Hall–Kier alpha value is -4.47. The van der Waals surface area contributed by atoms with Crippen LogP contribution in [0.3, 0.4) is 0 Å². The van der Waals surface area contributed by atoms with Crippen LogP contribution in [0, 0.1) is 17.8 Å². The van der Waals surface area contributed by atoms with Crippen molar-refractivity contribution in [3.05, 3.63) is 42.6 Å². The van der Waals surface area contributed by atoms with Crippen LogP contribution >= 0.6 is 0 Å². The largest absolute Gasteiger partial charge is 0.497 e. The quantitative estimate of drug-likeness (QED) is 0.294. The van der Waals surface area contributed by atoms with Gasteiger partial charge in [-0.05, 0) is 80.0 Å². The molecule has 4 aliphatic rings. The summed E-state index contributed by atoms with van der Waals surface area (Å²) >= 11 is 0. The number of nitrogens with one attached hydrogen (secondary N) is 3. The van der Waals surface area contributed by atoms with Gasteiger partial charge < -0.3 is 30.1 Å². The van der Waals surface area contributed by atoms with Crippen molar-refractivity contribution in [2.75, 3.05) is 20.3 Å². The molecule has 2 aliphatic heterocycles. The van der Waals surface area contributed by atoms with Gasteiger partial charge in [-0.1, -0.05) is 26.0 Å². The first kappa shape index (κ1) is 36.3. The molecule has 3 heterocycles. The first-order valence-corrected chi connectivity index (χ1v) is 18.7. The van der Waals surface area contributed by atoms with Crippen molar-refractivity contribution in [3.8, 4) is 11.6 Å². The summed E-state index contributed by atoms with van der Waals surface area (Å²) in [6, 6.07) is 4.74. The number of methoxy groups -OCH3 is 1. The number of nitrogens with zero attached hydrogens (tertiary/aromatic N) is 2. The minimum absolute atomic E-state index is 0.0299. The second-order valence-corrected chi connectivity index (χ2v) is 16.5. The number of fused-ring (bicyclic) bond motifs is 3. The average Bonchev–Trinajstić information content (AvgIpc) is 3.99. The van der Waals surface area contributed by atoms with Gasteiger partial charge in [-0.3, -0.25) is 19.1 Å². The van der Waals surface area contributed by atoms with Gasteiger partial charge in [0.1, 0.15) is 40.9 Å². The second kappa shape index (κ2) is 13.9. The summed E-state index contributed by atoms with van der Waals surface area (Å²) < 4.78 is 51.9. The lowest BCUT2D eigenvalue weighted by Gasteiger charge is -2.32. The third kappa shape index (κ3) is 7.19.